The molecule has 17 heavy (non-hydrogen) atoms. The average molecular weight is 227 g/mol. The van der Waals surface area contributed by atoms with E-state index in [1.807, 2.05) is 30.3 Å². The van der Waals surface area contributed by atoms with Crippen LogP contribution in [-0.2, 0) is 0 Å². The standard InChI is InChI=1S/C13H13N3O/c1-2-8-14-13(17)11-9-15-12(16-11)10-6-4-3-5-7-10/h2-7,9H,1,8H2,(H,14,17)(H,15,16). The summed E-state index contributed by atoms with van der Waals surface area (Å²) in [5.74, 6) is 0.508. The quantitative estimate of drug-likeness (QED) is 0.785. The molecule has 1 aromatic carbocycles. The van der Waals surface area contributed by atoms with E-state index < -0.39 is 0 Å². The molecule has 4 heteroatoms. The Hall–Kier alpha value is -2.36. The smallest absolute Gasteiger partial charge is 0.269 e. The van der Waals surface area contributed by atoms with Crippen molar-refractivity contribution in [3.8, 4) is 11.4 Å². The molecule has 0 radical (unpaired) electrons. The predicted octanol–water partition coefficient (Wildman–Crippen LogP) is 1.99. The molecule has 0 unspecified atom stereocenters. The first kappa shape index (κ1) is 11.1. The topological polar surface area (TPSA) is 57.8 Å². The monoisotopic (exact) mass is 227 g/mol. The number of carbonyl (C=O) groups excluding carboxylic acids is 1. The van der Waals surface area contributed by atoms with Gasteiger partial charge in [0.2, 0.25) is 0 Å². The molecule has 2 N–H and O–H groups in total. The summed E-state index contributed by atoms with van der Waals surface area (Å²) >= 11 is 0. The number of carbonyl (C=O) groups is 1. The number of rotatable bonds is 4. The zero-order valence-corrected chi connectivity index (χ0v) is 9.31. The van der Waals surface area contributed by atoms with E-state index in [0.717, 1.165) is 5.56 Å². The minimum atomic E-state index is -0.181. The number of amides is 1. The molecular formula is C13H13N3O. The van der Waals surface area contributed by atoms with Crippen molar-refractivity contribution < 1.29 is 4.79 Å². The van der Waals surface area contributed by atoms with Crippen LogP contribution in [0, 0.1) is 0 Å². The maximum atomic E-state index is 11.6. The Labute approximate surface area is 99.4 Å². The fraction of sp³-hybridized carbons (Fsp3) is 0.0769. The average Bonchev–Trinajstić information content (AvgIpc) is 2.86. The minimum Gasteiger partial charge on any atom is -0.347 e. The molecular weight excluding hydrogens is 214 g/mol. The molecule has 0 bridgehead atoms. The van der Waals surface area contributed by atoms with Crippen molar-refractivity contribution in [1.29, 1.82) is 0 Å². The molecule has 0 saturated heterocycles. The Morgan fingerprint density at radius 1 is 1.41 bits per heavy atom. The summed E-state index contributed by atoms with van der Waals surface area (Å²) in [5.41, 5.74) is 1.40. The first-order chi connectivity index (χ1) is 8.31. The highest BCUT2D eigenvalue weighted by Gasteiger charge is 2.09. The highest BCUT2D eigenvalue weighted by Crippen LogP contribution is 2.14. The number of H-pyrrole nitrogens is 1. The van der Waals surface area contributed by atoms with Crippen molar-refractivity contribution >= 4 is 5.91 Å². The van der Waals surface area contributed by atoms with Gasteiger partial charge in [0, 0.05) is 12.1 Å². The van der Waals surface area contributed by atoms with Gasteiger partial charge in [0.05, 0.1) is 6.20 Å². The van der Waals surface area contributed by atoms with E-state index in [1.54, 1.807) is 6.08 Å². The highest BCUT2D eigenvalue weighted by atomic mass is 16.1. The summed E-state index contributed by atoms with van der Waals surface area (Å²) < 4.78 is 0. The van der Waals surface area contributed by atoms with Crippen LogP contribution in [0.2, 0.25) is 0 Å². The van der Waals surface area contributed by atoms with Crippen LogP contribution in [-0.4, -0.2) is 22.4 Å². The number of hydrogen-bond donors (Lipinski definition) is 2. The number of nitrogens with one attached hydrogen (secondary N) is 2. The van der Waals surface area contributed by atoms with Crippen molar-refractivity contribution in [2.75, 3.05) is 6.54 Å². The third-order valence-corrected chi connectivity index (χ3v) is 2.27. The fourth-order valence-corrected chi connectivity index (χ4v) is 1.44. The molecule has 0 aliphatic carbocycles. The maximum Gasteiger partial charge on any atom is 0.269 e. The van der Waals surface area contributed by atoms with Crippen LogP contribution in [0.5, 0.6) is 0 Å². The second-order valence-electron chi connectivity index (χ2n) is 3.51. The van der Waals surface area contributed by atoms with Crippen molar-refractivity contribution in [2.24, 2.45) is 0 Å². The lowest BCUT2D eigenvalue weighted by atomic mass is 10.2. The molecule has 0 atom stereocenters. The summed E-state index contributed by atoms with van der Waals surface area (Å²) in [4.78, 5) is 18.8. The van der Waals surface area contributed by atoms with E-state index in [4.69, 9.17) is 0 Å². The van der Waals surface area contributed by atoms with Crippen LogP contribution >= 0.6 is 0 Å². The van der Waals surface area contributed by atoms with Gasteiger partial charge in [-0.05, 0) is 0 Å². The highest BCUT2D eigenvalue weighted by molar-refractivity contribution is 5.92. The van der Waals surface area contributed by atoms with Crippen molar-refractivity contribution in [3.05, 3.63) is 54.9 Å². The first-order valence-electron chi connectivity index (χ1n) is 5.31. The van der Waals surface area contributed by atoms with Gasteiger partial charge < -0.3 is 10.3 Å². The Balaban J connectivity index is 2.16. The molecule has 1 aromatic heterocycles. The van der Waals surface area contributed by atoms with Gasteiger partial charge in [-0.2, -0.15) is 0 Å². The van der Waals surface area contributed by atoms with Gasteiger partial charge in [-0.1, -0.05) is 36.4 Å². The molecule has 0 aliphatic rings. The molecule has 0 fully saturated rings. The lowest BCUT2D eigenvalue weighted by molar-refractivity contribution is 0.0953. The fourth-order valence-electron chi connectivity index (χ4n) is 1.44. The van der Waals surface area contributed by atoms with Crippen LogP contribution in [0.15, 0.2) is 49.2 Å². The zero-order chi connectivity index (χ0) is 12.1. The van der Waals surface area contributed by atoms with Crippen LogP contribution in [0.4, 0.5) is 0 Å². The van der Waals surface area contributed by atoms with Gasteiger partial charge in [-0.25, -0.2) is 4.98 Å². The lowest BCUT2D eigenvalue weighted by Crippen LogP contribution is -2.23. The molecule has 1 heterocycles. The maximum absolute atomic E-state index is 11.6. The molecule has 4 nitrogen and oxygen atoms in total. The number of aromatic amines is 1. The van der Waals surface area contributed by atoms with Gasteiger partial charge in [0.15, 0.2) is 0 Å². The number of nitrogens with zero attached hydrogens (tertiary/aromatic N) is 1. The van der Waals surface area contributed by atoms with Crippen molar-refractivity contribution in [2.45, 2.75) is 0 Å². The Bertz CT molecular complexity index is 516. The predicted molar refractivity (Wildman–Crippen MR) is 66.6 cm³/mol. The third-order valence-electron chi connectivity index (χ3n) is 2.27. The van der Waals surface area contributed by atoms with Crippen LogP contribution in [0.25, 0.3) is 11.4 Å². The van der Waals surface area contributed by atoms with E-state index in [-0.39, 0.29) is 5.91 Å². The van der Waals surface area contributed by atoms with Gasteiger partial charge in [-0.15, -0.1) is 6.58 Å². The molecule has 2 rings (SSSR count). The van der Waals surface area contributed by atoms with Crippen molar-refractivity contribution in [3.63, 3.8) is 0 Å². The second kappa shape index (κ2) is 5.12. The normalized spacial score (nSPS) is 9.88. The molecule has 0 saturated carbocycles. The van der Waals surface area contributed by atoms with E-state index in [0.29, 0.717) is 18.1 Å². The molecule has 0 aliphatic heterocycles. The van der Waals surface area contributed by atoms with Crippen LogP contribution < -0.4 is 5.32 Å². The van der Waals surface area contributed by atoms with Gasteiger partial charge in [-0.3, -0.25) is 4.79 Å². The summed E-state index contributed by atoms with van der Waals surface area (Å²) in [6.45, 7) is 3.98. The molecule has 86 valence electrons. The summed E-state index contributed by atoms with van der Waals surface area (Å²) in [5, 5.41) is 2.69. The van der Waals surface area contributed by atoms with E-state index in [1.165, 1.54) is 6.20 Å². The summed E-state index contributed by atoms with van der Waals surface area (Å²) in [7, 11) is 0. The van der Waals surface area contributed by atoms with Gasteiger partial charge in [0.1, 0.15) is 11.5 Å². The summed E-state index contributed by atoms with van der Waals surface area (Å²) in [6.07, 6.45) is 3.16. The van der Waals surface area contributed by atoms with E-state index in [9.17, 15) is 4.79 Å². The van der Waals surface area contributed by atoms with E-state index in [2.05, 4.69) is 21.9 Å². The van der Waals surface area contributed by atoms with Gasteiger partial charge in [0.25, 0.3) is 5.91 Å². The van der Waals surface area contributed by atoms with Crippen LogP contribution in [0.1, 0.15) is 10.5 Å². The second-order valence-corrected chi connectivity index (χ2v) is 3.51. The number of imidazole rings is 1. The minimum absolute atomic E-state index is 0.181. The molecule has 0 spiro atoms. The Morgan fingerprint density at radius 2 is 2.18 bits per heavy atom. The third kappa shape index (κ3) is 2.60. The Kier molecular flexibility index (Phi) is 3.35. The first-order valence-corrected chi connectivity index (χ1v) is 5.31. The summed E-state index contributed by atoms with van der Waals surface area (Å²) in [6, 6.07) is 9.66. The molecule has 1 amide bonds. The number of hydrogen-bond acceptors (Lipinski definition) is 2. The SMILES string of the molecule is C=CCNC(=O)c1cnc(-c2ccccc2)[nH]1. The van der Waals surface area contributed by atoms with E-state index >= 15 is 0 Å². The zero-order valence-electron chi connectivity index (χ0n) is 9.31. The number of aromatic nitrogens is 2. The lowest BCUT2D eigenvalue weighted by Gasteiger charge is -1.98. The van der Waals surface area contributed by atoms with Crippen molar-refractivity contribution in [1.82, 2.24) is 15.3 Å². The van der Waals surface area contributed by atoms with Crippen LogP contribution in [0.3, 0.4) is 0 Å². The largest absolute Gasteiger partial charge is 0.347 e. The number of benzene rings is 1. The van der Waals surface area contributed by atoms with Gasteiger partial charge >= 0.3 is 0 Å². The molecule has 2 aromatic rings. The Morgan fingerprint density at radius 3 is 2.88 bits per heavy atom.